The molecule has 2 aromatic rings. The van der Waals surface area contributed by atoms with Gasteiger partial charge < -0.3 is 15.1 Å². The summed E-state index contributed by atoms with van der Waals surface area (Å²) < 4.78 is 0. The van der Waals surface area contributed by atoms with Crippen molar-refractivity contribution in [2.45, 2.75) is 51.5 Å². The molecule has 31 heavy (non-hydrogen) atoms. The second-order valence-electron chi connectivity index (χ2n) is 8.55. The summed E-state index contributed by atoms with van der Waals surface area (Å²) >= 11 is 0. The third kappa shape index (κ3) is 4.81. The number of hydrogen-bond donors (Lipinski definition) is 1. The van der Waals surface area contributed by atoms with E-state index >= 15 is 0 Å². The first-order valence-electron chi connectivity index (χ1n) is 11.2. The number of carbonyl (C=O) groups excluding carboxylic acids is 1. The molecule has 0 aromatic heterocycles. The van der Waals surface area contributed by atoms with Crippen molar-refractivity contribution in [3.63, 3.8) is 0 Å². The number of nitrogens with zero attached hydrogens (tertiary/aromatic N) is 3. The fourth-order valence-electron chi connectivity index (χ4n) is 4.63. The standard InChI is InChI=1S/C24H30N4O3/c1-18-7-3-6-16-27(18)21-11-9-20(10-12-21)25-24(29)19-8-13-22(23(17-19)28(30)31)26-14-4-2-5-15-26/h8-13,17-18H,2-7,14-16H2,1H3,(H,25,29). The number of amides is 1. The molecular formula is C24H30N4O3. The zero-order valence-corrected chi connectivity index (χ0v) is 18.0. The molecule has 7 heteroatoms. The topological polar surface area (TPSA) is 78.7 Å². The van der Waals surface area contributed by atoms with E-state index in [0.717, 1.165) is 44.6 Å². The van der Waals surface area contributed by atoms with Gasteiger partial charge in [0, 0.05) is 48.7 Å². The summed E-state index contributed by atoms with van der Waals surface area (Å²) in [5.41, 5.74) is 2.72. The van der Waals surface area contributed by atoms with Crippen LogP contribution in [-0.2, 0) is 0 Å². The lowest BCUT2D eigenvalue weighted by atomic mass is 10.0. The number of benzene rings is 2. The Morgan fingerprint density at radius 3 is 2.39 bits per heavy atom. The van der Waals surface area contributed by atoms with Gasteiger partial charge in [0.25, 0.3) is 11.6 Å². The first-order valence-corrected chi connectivity index (χ1v) is 11.2. The van der Waals surface area contributed by atoms with Crippen LogP contribution in [0.3, 0.4) is 0 Å². The molecule has 0 spiro atoms. The summed E-state index contributed by atoms with van der Waals surface area (Å²) in [6, 6.07) is 13.1. The molecule has 0 saturated carbocycles. The number of nitro benzene ring substituents is 1. The molecule has 2 aromatic carbocycles. The van der Waals surface area contributed by atoms with Gasteiger partial charge in [0.2, 0.25) is 0 Å². The molecule has 0 radical (unpaired) electrons. The fourth-order valence-corrected chi connectivity index (χ4v) is 4.63. The maximum absolute atomic E-state index is 12.8. The van der Waals surface area contributed by atoms with E-state index in [-0.39, 0.29) is 11.6 Å². The van der Waals surface area contributed by atoms with E-state index in [1.54, 1.807) is 12.1 Å². The van der Waals surface area contributed by atoms with Gasteiger partial charge in [0.1, 0.15) is 5.69 Å². The Balaban J connectivity index is 1.48. The summed E-state index contributed by atoms with van der Waals surface area (Å²) in [6.45, 7) is 4.93. The van der Waals surface area contributed by atoms with Crippen LogP contribution in [0.15, 0.2) is 42.5 Å². The lowest BCUT2D eigenvalue weighted by Crippen LogP contribution is -2.37. The normalized spacial score (nSPS) is 19.2. The number of anilines is 3. The second-order valence-corrected chi connectivity index (χ2v) is 8.55. The molecular weight excluding hydrogens is 392 g/mol. The van der Waals surface area contributed by atoms with Crippen molar-refractivity contribution < 1.29 is 9.72 Å². The molecule has 0 aliphatic carbocycles. The SMILES string of the molecule is CC1CCCCN1c1ccc(NC(=O)c2ccc(N3CCCCC3)c([N+](=O)[O-])c2)cc1. The molecule has 1 amide bonds. The lowest BCUT2D eigenvalue weighted by Gasteiger charge is -2.35. The number of hydrogen-bond acceptors (Lipinski definition) is 5. The Morgan fingerprint density at radius 2 is 1.71 bits per heavy atom. The number of rotatable bonds is 5. The molecule has 4 rings (SSSR count). The van der Waals surface area contributed by atoms with Crippen LogP contribution in [0.2, 0.25) is 0 Å². The number of carbonyl (C=O) groups is 1. The first-order chi connectivity index (χ1) is 15.0. The van der Waals surface area contributed by atoms with E-state index in [1.165, 1.54) is 25.3 Å². The minimum atomic E-state index is -0.394. The number of piperidine rings is 2. The zero-order chi connectivity index (χ0) is 21.8. The van der Waals surface area contributed by atoms with Crippen molar-refractivity contribution in [3.8, 4) is 0 Å². The largest absolute Gasteiger partial charge is 0.369 e. The predicted molar refractivity (Wildman–Crippen MR) is 124 cm³/mol. The predicted octanol–water partition coefficient (Wildman–Crippen LogP) is 5.22. The lowest BCUT2D eigenvalue weighted by molar-refractivity contribution is -0.384. The van der Waals surface area contributed by atoms with Crippen LogP contribution >= 0.6 is 0 Å². The highest BCUT2D eigenvalue weighted by molar-refractivity contribution is 6.05. The van der Waals surface area contributed by atoms with Crippen molar-refractivity contribution in [3.05, 3.63) is 58.1 Å². The Kier molecular flexibility index (Phi) is 6.39. The molecule has 1 atom stereocenters. The number of nitrogens with one attached hydrogen (secondary N) is 1. The molecule has 2 heterocycles. The van der Waals surface area contributed by atoms with Gasteiger partial charge in [-0.25, -0.2) is 0 Å². The third-order valence-corrected chi connectivity index (χ3v) is 6.39. The minimum absolute atomic E-state index is 0.0102. The van der Waals surface area contributed by atoms with E-state index in [4.69, 9.17) is 0 Å². The smallest absolute Gasteiger partial charge is 0.293 e. The van der Waals surface area contributed by atoms with Gasteiger partial charge in [-0.2, -0.15) is 0 Å². The summed E-state index contributed by atoms with van der Waals surface area (Å²) in [5, 5.41) is 14.5. The molecule has 2 fully saturated rings. The minimum Gasteiger partial charge on any atom is -0.369 e. The van der Waals surface area contributed by atoms with Crippen LogP contribution in [0.1, 0.15) is 55.8 Å². The van der Waals surface area contributed by atoms with Crippen molar-refractivity contribution in [2.75, 3.05) is 34.8 Å². The molecule has 1 N–H and O–H groups in total. The third-order valence-electron chi connectivity index (χ3n) is 6.39. The van der Waals surface area contributed by atoms with Crippen molar-refractivity contribution in [1.82, 2.24) is 0 Å². The molecule has 2 aliphatic heterocycles. The van der Waals surface area contributed by atoms with Gasteiger partial charge >= 0.3 is 0 Å². The second kappa shape index (κ2) is 9.37. The molecule has 2 saturated heterocycles. The molecule has 7 nitrogen and oxygen atoms in total. The Hall–Kier alpha value is -3.09. The van der Waals surface area contributed by atoms with Gasteiger partial charge in [-0.15, -0.1) is 0 Å². The first kappa shape index (κ1) is 21.2. The highest BCUT2D eigenvalue weighted by Crippen LogP contribution is 2.32. The van der Waals surface area contributed by atoms with Crippen molar-refractivity contribution in [2.24, 2.45) is 0 Å². The van der Waals surface area contributed by atoms with Gasteiger partial charge in [0.05, 0.1) is 4.92 Å². The van der Waals surface area contributed by atoms with Gasteiger partial charge in [-0.1, -0.05) is 0 Å². The summed E-state index contributed by atoms with van der Waals surface area (Å²) in [4.78, 5) is 28.5. The van der Waals surface area contributed by atoms with E-state index in [2.05, 4.69) is 17.1 Å². The average molecular weight is 423 g/mol. The van der Waals surface area contributed by atoms with E-state index < -0.39 is 4.92 Å². The van der Waals surface area contributed by atoms with Gasteiger partial charge in [0.15, 0.2) is 0 Å². The van der Waals surface area contributed by atoms with Crippen LogP contribution in [-0.4, -0.2) is 36.5 Å². The van der Waals surface area contributed by atoms with Gasteiger partial charge in [-0.3, -0.25) is 14.9 Å². The molecule has 2 aliphatic rings. The quantitative estimate of drug-likeness (QED) is 0.528. The maximum Gasteiger partial charge on any atom is 0.293 e. The summed E-state index contributed by atoms with van der Waals surface area (Å²) in [6.07, 6.45) is 6.89. The summed E-state index contributed by atoms with van der Waals surface area (Å²) in [7, 11) is 0. The Labute approximate surface area is 183 Å². The van der Waals surface area contributed by atoms with Crippen LogP contribution in [0.5, 0.6) is 0 Å². The van der Waals surface area contributed by atoms with Crippen LogP contribution < -0.4 is 15.1 Å². The highest BCUT2D eigenvalue weighted by atomic mass is 16.6. The van der Waals surface area contributed by atoms with E-state index in [9.17, 15) is 14.9 Å². The van der Waals surface area contributed by atoms with Crippen LogP contribution in [0.25, 0.3) is 0 Å². The average Bonchev–Trinajstić information content (AvgIpc) is 2.80. The van der Waals surface area contributed by atoms with Crippen molar-refractivity contribution in [1.29, 1.82) is 0 Å². The fraction of sp³-hybridized carbons (Fsp3) is 0.458. The van der Waals surface area contributed by atoms with Crippen molar-refractivity contribution >= 4 is 28.7 Å². The maximum atomic E-state index is 12.8. The molecule has 164 valence electrons. The molecule has 0 bridgehead atoms. The van der Waals surface area contributed by atoms with E-state index in [1.807, 2.05) is 29.2 Å². The van der Waals surface area contributed by atoms with Crippen LogP contribution in [0, 0.1) is 10.1 Å². The highest BCUT2D eigenvalue weighted by Gasteiger charge is 2.23. The molecule has 1 unspecified atom stereocenters. The monoisotopic (exact) mass is 422 g/mol. The zero-order valence-electron chi connectivity index (χ0n) is 18.0. The Morgan fingerprint density at radius 1 is 1.00 bits per heavy atom. The van der Waals surface area contributed by atoms with E-state index in [0.29, 0.717) is 23.0 Å². The number of nitro groups is 1. The summed E-state index contributed by atoms with van der Waals surface area (Å²) in [5.74, 6) is -0.340. The van der Waals surface area contributed by atoms with Gasteiger partial charge in [-0.05, 0) is 81.8 Å². The Bertz CT molecular complexity index is 938. The van der Waals surface area contributed by atoms with Crippen LogP contribution in [0.4, 0.5) is 22.7 Å².